The highest BCUT2D eigenvalue weighted by Gasteiger charge is 2.30. The molecule has 17 nitrogen and oxygen atoms in total. The minimum atomic E-state index is -4.95. The van der Waals surface area contributed by atoms with Gasteiger partial charge in [-0.15, -0.1) is 0 Å². The molecule has 19 heteroatoms. The van der Waals surface area contributed by atoms with Gasteiger partial charge in [0.1, 0.15) is 19.3 Å². The summed E-state index contributed by atoms with van der Waals surface area (Å²) in [6, 6.07) is 0. The van der Waals surface area contributed by atoms with Crippen LogP contribution in [-0.4, -0.2) is 96.7 Å². The highest BCUT2D eigenvalue weighted by atomic mass is 31.2. The van der Waals surface area contributed by atoms with E-state index in [4.69, 9.17) is 37.0 Å². The van der Waals surface area contributed by atoms with Crippen LogP contribution in [0.1, 0.15) is 350 Å². The van der Waals surface area contributed by atoms with Crippen molar-refractivity contribution in [2.45, 2.75) is 369 Å². The maximum Gasteiger partial charge on any atom is 0.472 e. The standard InChI is InChI=1S/C70H136O17P2/c1-8-10-11-12-13-21-30-37-44-51-67(72)80-58-66(87-70(75)54-47-40-33-26-28-35-42-49-62(5)6)60-85-89(78,79)83-56-64(71)55-82-88(76,77)84-59-65(57-81-68(73)52-45-38-31-25-20-22-27-34-41-48-61(3)4)86-69(74)53-46-39-32-24-19-17-15-14-16-18-23-29-36-43-50-63(7)9-2/h61-66,71H,8-60H2,1-7H3,(H,76,77)(H,78,79)/t63?,64-,65-,66-/m1/s1. The molecular weight excluding hydrogens is 1170 g/mol. The van der Waals surface area contributed by atoms with E-state index >= 15 is 0 Å². The maximum atomic E-state index is 13.0. The van der Waals surface area contributed by atoms with Gasteiger partial charge in [-0.05, 0) is 43.4 Å². The molecule has 0 aliphatic heterocycles. The van der Waals surface area contributed by atoms with E-state index in [2.05, 4.69) is 48.5 Å². The Bertz CT molecular complexity index is 1750. The lowest BCUT2D eigenvalue weighted by Gasteiger charge is -2.21. The Morgan fingerprint density at radius 3 is 0.854 bits per heavy atom. The van der Waals surface area contributed by atoms with Crippen LogP contribution in [-0.2, 0) is 65.4 Å². The molecule has 0 saturated heterocycles. The summed E-state index contributed by atoms with van der Waals surface area (Å²) in [6.07, 6.45) is 44.5. The molecule has 0 aromatic carbocycles. The summed E-state index contributed by atoms with van der Waals surface area (Å²) in [5.41, 5.74) is 0. The number of ether oxygens (including phenoxy) is 4. The normalized spacial score (nSPS) is 14.5. The Hall–Kier alpha value is -1.94. The van der Waals surface area contributed by atoms with Gasteiger partial charge < -0.3 is 33.8 Å². The largest absolute Gasteiger partial charge is 0.472 e. The molecule has 3 unspecified atom stereocenters. The van der Waals surface area contributed by atoms with Crippen molar-refractivity contribution in [3.8, 4) is 0 Å². The summed E-state index contributed by atoms with van der Waals surface area (Å²) >= 11 is 0. The Morgan fingerprint density at radius 1 is 0.326 bits per heavy atom. The Morgan fingerprint density at radius 2 is 0.573 bits per heavy atom. The minimum absolute atomic E-state index is 0.103. The van der Waals surface area contributed by atoms with E-state index < -0.39 is 97.5 Å². The van der Waals surface area contributed by atoms with Gasteiger partial charge in [0.2, 0.25) is 0 Å². The summed E-state index contributed by atoms with van der Waals surface area (Å²) < 4.78 is 68.2. The molecule has 0 bridgehead atoms. The highest BCUT2D eigenvalue weighted by molar-refractivity contribution is 7.47. The van der Waals surface area contributed by atoms with E-state index in [1.165, 1.54) is 161 Å². The van der Waals surface area contributed by atoms with Crippen LogP contribution < -0.4 is 0 Å². The molecule has 3 N–H and O–H groups in total. The van der Waals surface area contributed by atoms with Crippen molar-refractivity contribution in [1.29, 1.82) is 0 Å². The zero-order valence-corrected chi connectivity index (χ0v) is 59.7. The topological polar surface area (TPSA) is 237 Å². The molecule has 0 heterocycles. The average molecular weight is 1310 g/mol. The number of rotatable bonds is 68. The molecule has 0 aromatic rings. The molecule has 0 fully saturated rings. The second-order valence-corrected chi connectivity index (χ2v) is 29.4. The maximum absolute atomic E-state index is 13.0. The van der Waals surface area contributed by atoms with Gasteiger partial charge in [0, 0.05) is 25.7 Å². The van der Waals surface area contributed by atoms with Gasteiger partial charge in [0.15, 0.2) is 12.2 Å². The summed E-state index contributed by atoms with van der Waals surface area (Å²) in [4.78, 5) is 72.4. The minimum Gasteiger partial charge on any atom is -0.462 e. The first kappa shape index (κ1) is 87.1. The number of phosphoric acid groups is 2. The van der Waals surface area contributed by atoms with Crippen LogP contribution in [0, 0.1) is 17.8 Å². The first-order chi connectivity index (χ1) is 42.8. The molecule has 0 rings (SSSR count). The molecule has 0 spiro atoms. The Kier molecular flexibility index (Phi) is 59.6. The van der Waals surface area contributed by atoms with Crippen molar-refractivity contribution in [3.63, 3.8) is 0 Å². The zero-order valence-electron chi connectivity index (χ0n) is 57.9. The third-order valence-corrected chi connectivity index (χ3v) is 18.4. The summed E-state index contributed by atoms with van der Waals surface area (Å²) in [5, 5.41) is 10.6. The summed E-state index contributed by atoms with van der Waals surface area (Å²) in [5.74, 6) is 0.156. The van der Waals surface area contributed by atoms with Gasteiger partial charge in [0.05, 0.1) is 26.4 Å². The second-order valence-electron chi connectivity index (χ2n) is 26.5. The molecular formula is C70H136O17P2. The third-order valence-electron chi connectivity index (χ3n) is 16.5. The van der Waals surface area contributed by atoms with Crippen molar-refractivity contribution in [1.82, 2.24) is 0 Å². The fourth-order valence-corrected chi connectivity index (χ4v) is 12.1. The molecule has 0 aromatic heterocycles. The van der Waals surface area contributed by atoms with Crippen molar-refractivity contribution in [2.24, 2.45) is 17.8 Å². The number of aliphatic hydroxyl groups is 1. The molecule has 0 aliphatic rings. The third kappa shape index (κ3) is 63.2. The fraction of sp³-hybridized carbons (Fsp3) is 0.943. The Labute approximate surface area is 543 Å². The average Bonchev–Trinajstić information content (AvgIpc) is 3.71. The van der Waals surface area contributed by atoms with Gasteiger partial charge in [-0.3, -0.25) is 37.3 Å². The highest BCUT2D eigenvalue weighted by Crippen LogP contribution is 2.45. The van der Waals surface area contributed by atoms with Crippen LogP contribution >= 0.6 is 15.6 Å². The van der Waals surface area contributed by atoms with E-state index in [0.717, 1.165) is 102 Å². The fourth-order valence-electron chi connectivity index (χ4n) is 10.5. The number of esters is 4. The number of unbranched alkanes of at least 4 members (excludes halogenated alkanes) is 35. The lowest BCUT2D eigenvalue weighted by atomic mass is 9.99. The van der Waals surface area contributed by atoms with E-state index in [0.29, 0.717) is 31.6 Å². The van der Waals surface area contributed by atoms with Crippen LogP contribution in [0.5, 0.6) is 0 Å². The summed E-state index contributed by atoms with van der Waals surface area (Å²) in [7, 11) is -9.90. The number of aliphatic hydroxyl groups excluding tert-OH is 1. The van der Waals surface area contributed by atoms with Gasteiger partial charge in [-0.1, -0.05) is 299 Å². The number of hydrogen-bond acceptors (Lipinski definition) is 15. The van der Waals surface area contributed by atoms with Crippen LogP contribution in [0.25, 0.3) is 0 Å². The van der Waals surface area contributed by atoms with Crippen molar-refractivity contribution >= 4 is 39.5 Å². The van der Waals surface area contributed by atoms with E-state index in [1.54, 1.807) is 0 Å². The SMILES string of the molecule is CCCCCCCCCCCC(=O)OC[C@H](COP(=O)(O)OC[C@H](O)COP(=O)(O)OC[C@@H](COC(=O)CCCCCCCCCCCC(C)C)OC(=O)CCCCCCCCCCCCCCCCC(C)CC)OC(=O)CCCCCCCCCC(C)C. The molecule has 528 valence electrons. The number of phosphoric ester groups is 2. The predicted molar refractivity (Wildman–Crippen MR) is 358 cm³/mol. The number of carbonyl (C=O) groups excluding carboxylic acids is 4. The van der Waals surface area contributed by atoms with Crippen molar-refractivity contribution < 1.29 is 80.2 Å². The van der Waals surface area contributed by atoms with Gasteiger partial charge in [-0.2, -0.15) is 0 Å². The van der Waals surface area contributed by atoms with Crippen LogP contribution in [0.4, 0.5) is 0 Å². The molecule has 0 radical (unpaired) electrons. The molecule has 0 saturated carbocycles. The smallest absolute Gasteiger partial charge is 0.462 e. The van der Waals surface area contributed by atoms with Crippen LogP contribution in [0.15, 0.2) is 0 Å². The molecule has 0 aliphatic carbocycles. The van der Waals surface area contributed by atoms with E-state index in [-0.39, 0.29) is 25.7 Å². The quantitative estimate of drug-likeness (QED) is 0.0222. The monoisotopic (exact) mass is 1310 g/mol. The molecule has 0 amide bonds. The molecule has 89 heavy (non-hydrogen) atoms. The number of hydrogen-bond donors (Lipinski definition) is 3. The van der Waals surface area contributed by atoms with Gasteiger partial charge >= 0.3 is 39.5 Å². The lowest BCUT2D eigenvalue weighted by molar-refractivity contribution is -0.161. The van der Waals surface area contributed by atoms with E-state index in [9.17, 15) is 43.2 Å². The van der Waals surface area contributed by atoms with Gasteiger partial charge in [-0.25, -0.2) is 9.13 Å². The molecule has 6 atom stereocenters. The predicted octanol–water partition coefficient (Wildman–Crippen LogP) is 19.8. The second kappa shape index (κ2) is 61.0. The Balaban J connectivity index is 5.22. The van der Waals surface area contributed by atoms with Crippen molar-refractivity contribution in [3.05, 3.63) is 0 Å². The number of carbonyl (C=O) groups is 4. The van der Waals surface area contributed by atoms with Crippen LogP contribution in [0.2, 0.25) is 0 Å². The van der Waals surface area contributed by atoms with E-state index in [1.807, 2.05) is 0 Å². The van der Waals surface area contributed by atoms with Gasteiger partial charge in [0.25, 0.3) is 0 Å². The first-order valence-electron chi connectivity index (χ1n) is 36.4. The summed E-state index contributed by atoms with van der Waals surface area (Å²) in [6.45, 7) is 11.8. The first-order valence-corrected chi connectivity index (χ1v) is 39.4. The zero-order chi connectivity index (χ0) is 65.9. The van der Waals surface area contributed by atoms with Crippen LogP contribution in [0.3, 0.4) is 0 Å². The lowest BCUT2D eigenvalue weighted by Crippen LogP contribution is -2.30. The van der Waals surface area contributed by atoms with Crippen molar-refractivity contribution in [2.75, 3.05) is 39.6 Å².